The fraction of sp³-hybridized carbons (Fsp3) is 0.571. The molecule has 6 rings (SSSR count). The van der Waals surface area contributed by atoms with Crippen molar-refractivity contribution >= 4 is 17.8 Å². The Morgan fingerprint density at radius 2 is 1.74 bits per heavy atom. The minimum atomic E-state index is -0.465. The van der Waals surface area contributed by atoms with Gasteiger partial charge in [0.05, 0.1) is 11.1 Å². The molecule has 0 spiro atoms. The SMILES string of the molecule is C[C@@]12CN(Cc3ccc(-n4ccc(NC(=O)N5CCN(C(=O)C6(CN)CC6)CC5)nc4=O)cc3)CC1C2CN. The van der Waals surface area contributed by atoms with E-state index in [1.54, 1.807) is 22.1 Å². The molecule has 2 unspecified atom stereocenters. The smallest absolute Gasteiger partial charge is 0.339 e. The number of nitrogens with one attached hydrogen (secondary N) is 1. The van der Waals surface area contributed by atoms with Crippen molar-refractivity contribution in [1.29, 1.82) is 0 Å². The van der Waals surface area contributed by atoms with Gasteiger partial charge in [0.15, 0.2) is 0 Å². The van der Waals surface area contributed by atoms with Crippen LogP contribution in [0.15, 0.2) is 41.3 Å². The topological polar surface area (TPSA) is 143 Å². The van der Waals surface area contributed by atoms with Gasteiger partial charge in [-0.05, 0) is 60.4 Å². The Hall–Kier alpha value is -3.28. The number of rotatable bonds is 7. The Bertz CT molecular complexity index is 1310. The van der Waals surface area contributed by atoms with Crippen LogP contribution in [0.5, 0.6) is 0 Å². The van der Waals surface area contributed by atoms with E-state index in [-0.39, 0.29) is 23.2 Å². The average molecular weight is 535 g/mol. The summed E-state index contributed by atoms with van der Waals surface area (Å²) in [6.07, 6.45) is 3.32. The number of nitrogens with two attached hydrogens (primary N) is 2. The van der Waals surface area contributed by atoms with Crippen molar-refractivity contribution < 1.29 is 9.59 Å². The maximum Gasteiger partial charge on any atom is 0.354 e. The van der Waals surface area contributed by atoms with Crippen molar-refractivity contribution in [3.05, 3.63) is 52.6 Å². The number of anilines is 1. The number of urea groups is 1. The Kier molecular flexibility index (Phi) is 6.47. The summed E-state index contributed by atoms with van der Waals surface area (Å²) in [6.45, 7) is 8.37. The van der Waals surface area contributed by atoms with E-state index in [0.29, 0.717) is 44.1 Å². The van der Waals surface area contributed by atoms with Gasteiger partial charge in [-0.2, -0.15) is 4.98 Å². The van der Waals surface area contributed by atoms with E-state index in [4.69, 9.17) is 11.5 Å². The number of aromatic nitrogens is 2. The van der Waals surface area contributed by atoms with Gasteiger partial charge >= 0.3 is 11.7 Å². The van der Waals surface area contributed by atoms with Crippen molar-refractivity contribution in [2.45, 2.75) is 26.3 Å². The second-order valence-electron chi connectivity index (χ2n) is 11.9. The Morgan fingerprint density at radius 1 is 1.05 bits per heavy atom. The van der Waals surface area contributed by atoms with Gasteiger partial charge in [-0.3, -0.25) is 19.6 Å². The van der Waals surface area contributed by atoms with Gasteiger partial charge in [0.25, 0.3) is 0 Å². The number of carbonyl (C=O) groups excluding carboxylic acids is 2. The number of benzene rings is 1. The van der Waals surface area contributed by atoms with Crippen molar-refractivity contribution in [1.82, 2.24) is 24.3 Å². The number of piperazine rings is 1. The predicted octanol–water partition coefficient (Wildman–Crippen LogP) is 0.674. The molecular formula is C28H38N8O3. The molecule has 1 aromatic carbocycles. The van der Waals surface area contributed by atoms with Crippen LogP contribution in [-0.2, 0) is 11.3 Å². The first-order chi connectivity index (χ1) is 18.8. The molecule has 3 atom stereocenters. The first-order valence-corrected chi connectivity index (χ1v) is 13.9. The number of piperidine rings is 1. The molecule has 11 nitrogen and oxygen atoms in total. The molecule has 208 valence electrons. The molecule has 5 N–H and O–H groups in total. The summed E-state index contributed by atoms with van der Waals surface area (Å²) >= 11 is 0. The second-order valence-corrected chi connectivity index (χ2v) is 11.9. The maximum atomic E-state index is 12.8. The molecular weight excluding hydrogens is 496 g/mol. The van der Waals surface area contributed by atoms with Gasteiger partial charge in [0, 0.05) is 58.6 Å². The van der Waals surface area contributed by atoms with Gasteiger partial charge < -0.3 is 21.3 Å². The third kappa shape index (κ3) is 4.72. The molecule has 2 aromatic rings. The maximum absolute atomic E-state index is 12.8. The number of likely N-dealkylation sites (tertiary alicyclic amines) is 1. The summed E-state index contributed by atoms with van der Waals surface area (Å²) < 4.78 is 1.47. The van der Waals surface area contributed by atoms with E-state index < -0.39 is 5.69 Å². The Morgan fingerprint density at radius 3 is 2.31 bits per heavy atom. The van der Waals surface area contributed by atoms with Gasteiger partial charge in [0.1, 0.15) is 5.82 Å². The minimum absolute atomic E-state index is 0.103. The van der Waals surface area contributed by atoms with Gasteiger partial charge in [-0.25, -0.2) is 9.59 Å². The highest BCUT2D eigenvalue weighted by molar-refractivity contribution is 5.89. The zero-order chi connectivity index (χ0) is 27.4. The quantitative estimate of drug-likeness (QED) is 0.474. The Labute approximate surface area is 228 Å². The summed E-state index contributed by atoms with van der Waals surface area (Å²) in [5, 5.41) is 2.72. The van der Waals surface area contributed by atoms with Crippen LogP contribution in [0.4, 0.5) is 10.6 Å². The van der Waals surface area contributed by atoms with E-state index in [0.717, 1.165) is 50.6 Å². The van der Waals surface area contributed by atoms with Crippen molar-refractivity contribution in [2.75, 3.05) is 57.7 Å². The Balaban J connectivity index is 1.02. The van der Waals surface area contributed by atoms with E-state index in [1.807, 2.05) is 24.3 Å². The lowest BCUT2D eigenvalue weighted by Crippen LogP contribution is -2.54. The van der Waals surface area contributed by atoms with E-state index >= 15 is 0 Å². The van der Waals surface area contributed by atoms with Crippen molar-refractivity contribution in [2.24, 2.45) is 34.1 Å². The molecule has 0 bridgehead atoms. The summed E-state index contributed by atoms with van der Waals surface area (Å²) in [4.78, 5) is 48.2. The standard InChI is InChI=1S/C28H38N8O3/c1-27-18-33(16-22(27)21(27)14-29)15-19-2-4-20(5-3-19)36-9-6-23(32-26(36)39)31-25(38)35-12-10-34(11-13-35)24(37)28(17-30)7-8-28/h2-6,9,21-22H,7-8,10-18,29-30H2,1H3,(H,31,32,38,39)/t21?,22?,27-/m0/s1. The van der Waals surface area contributed by atoms with Crippen molar-refractivity contribution in [3.63, 3.8) is 0 Å². The van der Waals surface area contributed by atoms with Crippen LogP contribution >= 0.6 is 0 Å². The van der Waals surface area contributed by atoms with Gasteiger partial charge in [-0.1, -0.05) is 19.1 Å². The normalized spacial score (nSPS) is 27.3. The fourth-order valence-electron chi connectivity index (χ4n) is 6.70. The largest absolute Gasteiger partial charge is 0.354 e. The zero-order valence-corrected chi connectivity index (χ0v) is 22.5. The molecule has 1 aromatic heterocycles. The van der Waals surface area contributed by atoms with E-state index in [1.165, 1.54) is 10.1 Å². The van der Waals surface area contributed by atoms with Crippen LogP contribution in [0.3, 0.4) is 0 Å². The minimum Gasteiger partial charge on any atom is -0.339 e. The molecule has 0 radical (unpaired) electrons. The summed E-state index contributed by atoms with van der Waals surface area (Å²) in [7, 11) is 0. The first kappa shape index (κ1) is 26.0. The summed E-state index contributed by atoms with van der Waals surface area (Å²) in [6, 6.07) is 9.24. The molecule has 3 heterocycles. The van der Waals surface area contributed by atoms with Crippen LogP contribution in [0.25, 0.3) is 5.69 Å². The lowest BCUT2D eigenvalue weighted by Gasteiger charge is -2.36. The van der Waals surface area contributed by atoms with Crippen LogP contribution in [0.2, 0.25) is 0 Å². The van der Waals surface area contributed by atoms with Crippen molar-refractivity contribution in [3.8, 4) is 5.69 Å². The average Bonchev–Trinajstić information content (AvgIpc) is 3.81. The zero-order valence-electron chi connectivity index (χ0n) is 22.5. The molecule has 4 aliphatic rings. The monoisotopic (exact) mass is 534 g/mol. The van der Waals surface area contributed by atoms with Gasteiger partial charge in [0.2, 0.25) is 5.91 Å². The lowest BCUT2D eigenvalue weighted by atomic mass is 10.1. The molecule has 4 fully saturated rings. The molecule has 2 saturated heterocycles. The molecule has 2 aliphatic carbocycles. The highest BCUT2D eigenvalue weighted by atomic mass is 16.2. The van der Waals surface area contributed by atoms with Crippen LogP contribution < -0.4 is 22.5 Å². The van der Waals surface area contributed by atoms with E-state index in [2.05, 4.69) is 22.1 Å². The molecule has 2 aliphatic heterocycles. The number of carbonyl (C=O) groups is 2. The number of hydrogen-bond donors (Lipinski definition) is 3. The number of hydrogen-bond acceptors (Lipinski definition) is 7. The predicted molar refractivity (Wildman–Crippen MR) is 147 cm³/mol. The summed E-state index contributed by atoms with van der Waals surface area (Å²) in [5.74, 6) is 1.69. The third-order valence-corrected chi connectivity index (χ3v) is 9.56. The van der Waals surface area contributed by atoms with Crippen LogP contribution in [-0.4, -0.2) is 88.5 Å². The molecule has 3 amide bonds. The molecule has 39 heavy (non-hydrogen) atoms. The van der Waals surface area contributed by atoms with Crippen LogP contribution in [0, 0.1) is 22.7 Å². The number of nitrogens with zero attached hydrogens (tertiary/aromatic N) is 5. The highest BCUT2D eigenvalue weighted by Crippen LogP contribution is 2.62. The number of amides is 3. The molecule has 2 saturated carbocycles. The van der Waals surface area contributed by atoms with Crippen LogP contribution in [0.1, 0.15) is 25.3 Å². The highest BCUT2D eigenvalue weighted by Gasteiger charge is 2.64. The second kappa shape index (κ2) is 9.72. The fourth-order valence-corrected chi connectivity index (χ4v) is 6.70. The van der Waals surface area contributed by atoms with E-state index in [9.17, 15) is 14.4 Å². The van der Waals surface area contributed by atoms with Gasteiger partial charge in [-0.15, -0.1) is 0 Å². The first-order valence-electron chi connectivity index (χ1n) is 13.9. The number of fused-ring (bicyclic) bond motifs is 1. The summed E-state index contributed by atoms with van der Waals surface area (Å²) in [5.41, 5.74) is 13.2. The molecule has 11 heteroatoms. The third-order valence-electron chi connectivity index (χ3n) is 9.56. The lowest BCUT2D eigenvalue weighted by molar-refractivity contribution is -0.138.